The number of hydrogen-bond acceptors (Lipinski definition) is 5. The van der Waals surface area contributed by atoms with Gasteiger partial charge in [-0.15, -0.1) is 0 Å². The minimum atomic E-state index is -0.325. The van der Waals surface area contributed by atoms with Crippen molar-refractivity contribution in [2.45, 2.75) is 20.4 Å². The van der Waals surface area contributed by atoms with E-state index in [0.29, 0.717) is 29.7 Å². The Morgan fingerprint density at radius 1 is 1.15 bits per heavy atom. The van der Waals surface area contributed by atoms with Crippen molar-refractivity contribution in [3.8, 4) is 5.75 Å². The molecule has 1 amide bonds. The lowest BCUT2D eigenvalue weighted by molar-refractivity contribution is -0.143. The molecule has 0 unspecified atom stereocenters. The maximum atomic E-state index is 13.2. The van der Waals surface area contributed by atoms with Crippen LogP contribution in [-0.2, 0) is 20.9 Å². The molecule has 3 aromatic rings. The van der Waals surface area contributed by atoms with Crippen LogP contribution in [0.4, 0.5) is 5.69 Å². The number of nitrogens with zero attached hydrogens (tertiary/aromatic N) is 2. The van der Waals surface area contributed by atoms with Crippen molar-refractivity contribution in [2.75, 3.05) is 18.1 Å². The fourth-order valence-corrected chi connectivity index (χ4v) is 4.33. The van der Waals surface area contributed by atoms with Crippen molar-refractivity contribution >= 4 is 67.8 Å². The quantitative estimate of drug-likeness (QED) is 0.274. The van der Waals surface area contributed by atoms with Gasteiger partial charge in [-0.3, -0.25) is 14.5 Å². The van der Waals surface area contributed by atoms with E-state index in [2.05, 4.69) is 21.2 Å². The monoisotopic (exact) mass is 527 g/mol. The number of thiocarbonyl (C=S) groups is 1. The van der Waals surface area contributed by atoms with E-state index in [1.165, 1.54) is 4.90 Å². The van der Waals surface area contributed by atoms with Crippen LogP contribution in [0.15, 0.2) is 58.8 Å². The number of anilines is 1. The summed E-state index contributed by atoms with van der Waals surface area (Å²) in [5.74, 6) is 0.141. The molecule has 9 heteroatoms. The van der Waals surface area contributed by atoms with Crippen molar-refractivity contribution < 1.29 is 19.1 Å². The molecule has 170 valence electrons. The number of amides is 1. The van der Waals surface area contributed by atoms with Crippen LogP contribution in [0.3, 0.4) is 0 Å². The Morgan fingerprint density at radius 3 is 2.61 bits per heavy atom. The summed E-state index contributed by atoms with van der Waals surface area (Å²) in [6.45, 7) is 4.64. The highest BCUT2D eigenvalue weighted by Crippen LogP contribution is 2.29. The second-order valence-electron chi connectivity index (χ2n) is 7.23. The normalized spacial score (nSPS) is 14.8. The summed E-state index contributed by atoms with van der Waals surface area (Å²) in [5.41, 5.74) is 2.64. The van der Waals surface area contributed by atoms with Gasteiger partial charge in [-0.2, -0.15) is 0 Å². The number of esters is 1. The SMILES string of the molecule is CCOC(=O)Cn1cc(/C=C2\NC(=S)N(c3ccc(OCC)cc3)C2=O)c2cc(Br)ccc21. The van der Waals surface area contributed by atoms with E-state index in [1.807, 2.05) is 35.9 Å². The summed E-state index contributed by atoms with van der Waals surface area (Å²) in [5, 5.41) is 4.20. The van der Waals surface area contributed by atoms with Gasteiger partial charge in [-0.1, -0.05) is 15.9 Å². The fourth-order valence-electron chi connectivity index (χ4n) is 3.67. The molecule has 0 atom stereocenters. The molecule has 33 heavy (non-hydrogen) atoms. The Balaban J connectivity index is 1.68. The van der Waals surface area contributed by atoms with Crippen LogP contribution in [-0.4, -0.2) is 34.8 Å². The Hall–Kier alpha value is -3.17. The van der Waals surface area contributed by atoms with Crippen molar-refractivity contribution in [1.29, 1.82) is 0 Å². The number of rotatable bonds is 7. The van der Waals surface area contributed by atoms with Crippen molar-refractivity contribution in [3.05, 3.63) is 64.4 Å². The van der Waals surface area contributed by atoms with Crippen LogP contribution in [0, 0.1) is 0 Å². The van der Waals surface area contributed by atoms with Crippen LogP contribution in [0.25, 0.3) is 17.0 Å². The molecule has 0 bridgehead atoms. The number of carbonyl (C=O) groups excluding carboxylic acids is 2. The molecule has 1 aliphatic rings. The van der Waals surface area contributed by atoms with Gasteiger partial charge in [0, 0.05) is 27.1 Å². The molecule has 2 aromatic carbocycles. The smallest absolute Gasteiger partial charge is 0.325 e. The third kappa shape index (κ3) is 4.79. The first kappa shape index (κ1) is 23.0. The van der Waals surface area contributed by atoms with E-state index >= 15 is 0 Å². The zero-order chi connectivity index (χ0) is 23.5. The standard InChI is InChI=1S/C24H22BrN3O4S/c1-3-31-18-8-6-17(7-9-18)28-23(30)20(26-24(28)33)11-15-13-27(14-22(29)32-4-2)21-10-5-16(25)12-19(15)21/h5-13H,3-4,14H2,1-2H3,(H,26,33)/b20-11-. The largest absolute Gasteiger partial charge is 0.494 e. The van der Waals surface area contributed by atoms with Gasteiger partial charge in [0.25, 0.3) is 5.91 Å². The van der Waals surface area contributed by atoms with Gasteiger partial charge in [0.1, 0.15) is 18.0 Å². The third-order valence-corrected chi connectivity index (χ3v) is 5.84. The molecule has 1 aromatic heterocycles. The molecule has 1 fully saturated rings. The molecular weight excluding hydrogens is 506 g/mol. The van der Waals surface area contributed by atoms with Crippen molar-refractivity contribution in [2.24, 2.45) is 0 Å². The van der Waals surface area contributed by atoms with E-state index in [1.54, 1.807) is 37.3 Å². The topological polar surface area (TPSA) is 72.8 Å². The average molecular weight is 528 g/mol. The zero-order valence-corrected chi connectivity index (χ0v) is 20.5. The van der Waals surface area contributed by atoms with Crippen LogP contribution in [0.5, 0.6) is 5.75 Å². The summed E-state index contributed by atoms with van der Waals surface area (Å²) >= 11 is 8.93. The average Bonchev–Trinajstić information content (AvgIpc) is 3.25. The van der Waals surface area contributed by atoms with E-state index < -0.39 is 0 Å². The maximum Gasteiger partial charge on any atom is 0.325 e. The Morgan fingerprint density at radius 2 is 1.91 bits per heavy atom. The first-order chi connectivity index (χ1) is 15.9. The number of ether oxygens (including phenoxy) is 2. The van der Waals surface area contributed by atoms with E-state index in [9.17, 15) is 9.59 Å². The van der Waals surface area contributed by atoms with Crippen LogP contribution >= 0.6 is 28.1 Å². The Labute approximate surface area is 205 Å². The number of nitrogens with one attached hydrogen (secondary N) is 1. The van der Waals surface area contributed by atoms with Gasteiger partial charge >= 0.3 is 5.97 Å². The van der Waals surface area contributed by atoms with E-state index in [0.717, 1.165) is 26.7 Å². The summed E-state index contributed by atoms with van der Waals surface area (Å²) in [6.07, 6.45) is 3.58. The fraction of sp³-hybridized carbons (Fsp3) is 0.208. The molecule has 0 radical (unpaired) electrons. The molecule has 0 spiro atoms. The minimum Gasteiger partial charge on any atom is -0.494 e. The first-order valence-corrected chi connectivity index (χ1v) is 11.7. The number of carbonyl (C=O) groups is 2. The van der Waals surface area contributed by atoms with Crippen LogP contribution in [0.1, 0.15) is 19.4 Å². The van der Waals surface area contributed by atoms with Gasteiger partial charge < -0.3 is 19.4 Å². The Bertz CT molecular complexity index is 1270. The summed E-state index contributed by atoms with van der Waals surface area (Å²) in [7, 11) is 0. The van der Waals surface area contributed by atoms with Crippen molar-refractivity contribution in [1.82, 2.24) is 9.88 Å². The molecular formula is C24H22BrN3O4S. The lowest BCUT2D eigenvalue weighted by Crippen LogP contribution is -2.30. The van der Waals surface area contributed by atoms with Crippen molar-refractivity contribution in [3.63, 3.8) is 0 Å². The number of benzene rings is 2. The number of aromatic nitrogens is 1. The molecule has 1 aliphatic heterocycles. The molecule has 0 saturated carbocycles. The molecule has 7 nitrogen and oxygen atoms in total. The van der Waals surface area contributed by atoms with Gasteiger partial charge in [-0.25, -0.2) is 0 Å². The molecule has 4 rings (SSSR count). The second kappa shape index (κ2) is 9.76. The number of hydrogen-bond donors (Lipinski definition) is 1. The van der Waals surface area contributed by atoms with E-state index in [-0.39, 0.29) is 18.4 Å². The second-order valence-corrected chi connectivity index (χ2v) is 8.54. The first-order valence-electron chi connectivity index (χ1n) is 10.4. The predicted molar refractivity (Wildman–Crippen MR) is 135 cm³/mol. The Kier molecular flexibility index (Phi) is 6.80. The highest BCUT2D eigenvalue weighted by Gasteiger charge is 2.32. The molecule has 2 heterocycles. The lowest BCUT2D eigenvalue weighted by Gasteiger charge is -2.14. The molecule has 1 saturated heterocycles. The maximum absolute atomic E-state index is 13.2. The summed E-state index contributed by atoms with van der Waals surface area (Å²) in [4.78, 5) is 26.7. The van der Waals surface area contributed by atoms with Gasteiger partial charge in [0.05, 0.1) is 18.9 Å². The summed E-state index contributed by atoms with van der Waals surface area (Å²) in [6, 6.07) is 13.0. The van der Waals surface area contributed by atoms with Gasteiger partial charge in [0.2, 0.25) is 0 Å². The predicted octanol–water partition coefficient (Wildman–Crippen LogP) is 4.63. The molecule has 1 N–H and O–H groups in total. The number of fused-ring (bicyclic) bond motifs is 1. The number of halogens is 1. The van der Waals surface area contributed by atoms with Gasteiger partial charge in [-0.05, 0) is 74.6 Å². The minimum absolute atomic E-state index is 0.0766. The van der Waals surface area contributed by atoms with Crippen LogP contribution in [0.2, 0.25) is 0 Å². The highest BCUT2D eigenvalue weighted by molar-refractivity contribution is 9.10. The van der Waals surface area contributed by atoms with Crippen LogP contribution < -0.4 is 15.0 Å². The highest BCUT2D eigenvalue weighted by atomic mass is 79.9. The van der Waals surface area contributed by atoms with E-state index in [4.69, 9.17) is 21.7 Å². The third-order valence-electron chi connectivity index (χ3n) is 5.06. The lowest BCUT2D eigenvalue weighted by atomic mass is 10.1. The molecule has 0 aliphatic carbocycles. The van der Waals surface area contributed by atoms with Gasteiger partial charge in [0.15, 0.2) is 5.11 Å². The zero-order valence-electron chi connectivity index (χ0n) is 18.1. The summed E-state index contributed by atoms with van der Waals surface area (Å²) < 4.78 is 13.3.